The number of rotatable bonds is 3. The first-order valence-corrected chi connectivity index (χ1v) is 5.58. The van der Waals surface area contributed by atoms with Crippen LogP contribution in [0.4, 0.5) is 0 Å². The fraction of sp³-hybridized carbons (Fsp3) is 0.538. The molecule has 0 unspecified atom stereocenters. The van der Waals surface area contributed by atoms with E-state index in [2.05, 4.69) is 0 Å². The second kappa shape index (κ2) is 3.39. The molecule has 3 N–H and O–H groups in total. The molecule has 1 aromatic carbocycles. The zero-order valence-electron chi connectivity index (χ0n) is 10.1. The van der Waals surface area contributed by atoms with Crippen LogP contribution in [0.1, 0.15) is 32.3 Å². The Hall–Kier alpha value is -1.22. The fourth-order valence-electron chi connectivity index (χ4n) is 2.46. The summed E-state index contributed by atoms with van der Waals surface area (Å²) in [5, 5.41) is 10.1. The molecule has 88 valence electrons. The first-order chi connectivity index (χ1) is 7.42. The van der Waals surface area contributed by atoms with Crippen molar-refractivity contribution in [1.29, 1.82) is 0 Å². The van der Waals surface area contributed by atoms with Gasteiger partial charge in [0.05, 0.1) is 7.11 Å². The van der Waals surface area contributed by atoms with Crippen molar-refractivity contribution in [2.75, 3.05) is 7.11 Å². The number of hydrogen-bond donors (Lipinski definition) is 2. The van der Waals surface area contributed by atoms with Gasteiger partial charge in [0, 0.05) is 16.5 Å². The van der Waals surface area contributed by atoms with Crippen molar-refractivity contribution in [3.8, 4) is 11.5 Å². The van der Waals surface area contributed by atoms with Gasteiger partial charge in [-0.05, 0) is 32.8 Å². The van der Waals surface area contributed by atoms with Crippen LogP contribution in [0.25, 0.3) is 0 Å². The van der Waals surface area contributed by atoms with E-state index in [1.54, 1.807) is 13.2 Å². The number of nitrogens with two attached hydrogens (primary N) is 1. The zero-order valence-corrected chi connectivity index (χ0v) is 10.1. The molecule has 1 aliphatic rings. The van der Waals surface area contributed by atoms with E-state index in [4.69, 9.17) is 10.5 Å². The molecule has 1 saturated carbocycles. The van der Waals surface area contributed by atoms with Gasteiger partial charge in [-0.25, -0.2) is 0 Å². The van der Waals surface area contributed by atoms with Crippen molar-refractivity contribution in [3.05, 3.63) is 23.8 Å². The van der Waals surface area contributed by atoms with Gasteiger partial charge in [-0.1, -0.05) is 12.1 Å². The third-order valence-corrected chi connectivity index (χ3v) is 3.72. The van der Waals surface area contributed by atoms with Gasteiger partial charge in [0.15, 0.2) is 11.5 Å². The first-order valence-electron chi connectivity index (χ1n) is 5.58. The van der Waals surface area contributed by atoms with E-state index in [1.807, 2.05) is 26.0 Å². The summed E-state index contributed by atoms with van der Waals surface area (Å²) in [4.78, 5) is 0. The summed E-state index contributed by atoms with van der Waals surface area (Å²) in [5.41, 5.74) is 6.72. The van der Waals surface area contributed by atoms with Crippen LogP contribution in [0, 0.1) is 0 Å². The number of benzene rings is 1. The molecule has 2 rings (SSSR count). The van der Waals surface area contributed by atoms with Gasteiger partial charge in [-0.15, -0.1) is 0 Å². The number of hydrogen-bond acceptors (Lipinski definition) is 3. The maximum absolute atomic E-state index is 10.1. The van der Waals surface area contributed by atoms with Gasteiger partial charge in [0.1, 0.15) is 0 Å². The van der Waals surface area contributed by atoms with Crippen LogP contribution in [0.5, 0.6) is 11.5 Å². The third-order valence-electron chi connectivity index (χ3n) is 3.72. The third kappa shape index (κ3) is 1.47. The molecule has 3 heteroatoms. The molecular weight excluding hydrogens is 202 g/mol. The molecule has 1 fully saturated rings. The molecule has 1 aliphatic carbocycles. The van der Waals surface area contributed by atoms with E-state index in [1.165, 1.54) is 0 Å². The monoisotopic (exact) mass is 221 g/mol. The highest BCUT2D eigenvalue weighted by Crippen LogP contribution is 2.58. The van der Waals surface area contributed by atoms with Gasteiger partial charge < -0.3 is 15.6 Å². The Morgan fingerprint density at radius 1 is 1.38 bits per heavy atom. The van der Waals surface area contributed by atoms with Gasteiger partial charge in [-0.3, -0.25) is 0 Å². The largest absolute Gasteiger partial charge is 0.504 e. The van der Waals surface area contributed by atoms with E-state index in [0.717, 1.165) is 18.4 Å². The highest BCUT2D eigenvalue weighted by molar-refractivity contribution is 5.52. The molecule has 3 nitrogen and oxygen atoms in total. The van der Waals surface area contributed by atoms with Gasteiger partial charge in [0.2, 0.25) is 0 Å². The van der Waals surface area contributed by atoms with Crippen LogP contribution in [-0.4, -0.2) is 17.8 Å². The lowest BCUT2D eigenvalue weighted by atomic mass is 9.79. The van der Waals surface area contributed by atoms with Crippen molar-refractivity contribution >= 4 is 0 Å². The molecule has 0 aromatic heterocycles. The summed E-state index contributed by atoms with van der Waals surface area (Å²) in [7, 11) is 1.56. The highest BCUT2D eigenvalue weighted by Gasteiger charge is 2.55. The normalized spacial score (nSPS) is 18.2. The lowest BCUT2D eigenvalue weighted by Crippen LogP contribution is -2.45. The van der Waals surface area contributed by atoms with Crippen LogP contribution in [0.2, 0.25) is 0 Å². The number of methoxy groups -OCH3 is 1. The number of phenols is 1. The molecule has 0 heterocycles. The maximum Gasteiger partial charge on any atom is 0.161 e. The van der Waals surface area contributed by atoms with Crippen LogP contribution >= 0.6 is 0 Å². The van der Waals surface area contributed by atoms with Gasteiger partial charge in [0.25, 0.3) is 0 Å². The molecule has 0 saturated heterocycles. The topological polar surface area (TPSA) is 55.5 Å². The number of phenolic OH excluding ortho intramolecular Hbond substituents is 1. The van der Waals surface area contributed by atoms with Crippen molar-refractivity contribution in [1.82, 2.24) is 0 Å². The fourth-order valence-corrected chi connectivity index (χ4v) is 2.46. The van der Waals surface area contributed by atoms with Crippen molar-refractivity contribution in [2.24, 2.45) is 5.73 Å². The molecule has 0 aliphatic heterocycles. The second-order valence-corrected chi connectivity index (χ2v) is 5.16. The summed E-state index contributed by atoms with van der Waals surface area (Å²) < 4.78 is 5.13. The van der Waals surface area contributed by atoms with Crippen LogP contribution in [0.3, 0.4) is 0 Å². The molecule has 1 aromatic rings. The van der Waals surface area contributed by atoms with Crippen molar-refractivity contribution < 1.29 is 9.84 Å². The summed E-state index contributed by atoms with van der Waals surface area (Å²) >= 11 is 0. The Morgan fingerprint density at radius 2 is 2.00 bits per heavy atom. The van der Waals surface area contributed by atoms with Crippen LogP contribution in [0.15, 0.2) is 18.2 Å². The average molecular weight is 221 g/mol. The lowest BCUT2D eigenvalue weighted by Gasteiger charge is -2.32. The minimum Gasteiger partial charge on any atom is -0.504 e. The number of aromatic hydroxyl groups is 1. The first kappa shape index (κ1) is 11.3. The molecule has 0 spiro atoms. The highest BCUT2D eigenvalue weighted by atomic mass is 16.5. The lowest BCUT2D eigenvalue weighted by molar-refractivity contribution is 0.346. The zero-order chi connectivity index (χ0) is 12.0. The molecule has 0 radical (unpaired) electrons. The van der Waals surface area contributed by atoms with E-state index in [9.17, 15) is 5.11 Å². The quantitative estimate of drug-likeness (QED) is 0.822. The molecule has 0 bridgehead atoms. The van der Waals surface area contributed by atoms with E-state index in [-0.39, 0.29) is 16.7 Å². The van der Waals surface area contributed by atoms with Crippen LogP contribution in [-0.2, 0) is 5.41 Å². The van der Waals surface area contributed by atoms with Gasteiger partial charge in [-0.2, -0.15) is 0 Å². The standard InChI is InChI=1S/C13H19NO2/c1-12(2,14)13(7-8-13)9-5-4-6-10(16-3)11(9)15/h4-6,15H,7-8,14H2,1-3H3. The SMILES string of the molecule is COc1cccc(C2(C(C)(C)N)CC2)c1O. The van der Waals surface area contributed by atoms with Crippen molar-refractivity contribution in [3.63, 3.8) is 0 Å². The van der Waals surface area contributed by atoms with Crippen LogP contribution < -0.4 is 10.5 Å². The number of para-hydroxylation sites is 1. The van der Waals surface area contributed by atoms with E-state index in [0.29, 0.717) is 5.75 Å². The van der Waals surface area contributed by atoms with Gasteiger partial charge >= 0.3 is 0 Å². The molecule has 0 amide bonds. The van der Waals surface area contributed by atoms with E-state index < -0.39 is 0 Å². The summed E-state index contributed by atoms with van der Waals surface area (Å²) in [6.45, 7) is 4.03. The summed E-state index contributed by atoms with van der Waals surface area (Å²) in [6, 6.07) is 5.61. The molecule has 0 atom stereocenters. The Balaban J connectivity index is 2.50. The average Bonchev–Trinajstić information content (AvgIpc) is 2.98. The Morgan fingerprint density at radius 3 is 2.44 bits per heavy atom. The van der Waals surface area contributed by atoms with Crippen molar-refractivity contribution in [2.45, 2.75) is 37.6 Å². The Kier molecular flexibility index (Phi) is 2.39. The summed E-state index contributed by atoms with van der Waals surface area (Å²) in [5.74, 6) is 0.758. The predicted molar refractivity (Wildman–Crippen MR) is 63.8 cm³/mol. The summed E-state index contributed by atoms with van der Waals surface area (Å²) in [6.07, 6.45) is 2.05. The second-order valence-electron chi connectivity index (χ2n) is 5.16. The minimum absolute atomic E-state index is 0.0916. The number of ether oxygens (including phenoxy) is 1. The Labute approximate surface area is 96.2 Å². The van der Waals surface area contributed by atoms with E-state index >= 15 is 0 Å². The Bertz CT molecular complexity index is 403. The maximum atomic E-state index is 10.1. The minimum atomic E-state index is -0.323. The molecular formula is C13H19NO2. The smallest absolute Gasteiger partial charge is 0.161 e. The predicted octanol–water partition coefficient (Wildman–Crippen LogP) is 2.17. The molecule has 16 heavy (non-hydrogen) atoms.